The van der Waals surface area contributed by atoms with Gasteiger partial charge < -0.3 is 20.1 Å². The Morgan fingerprint density at radius 1 is 1.05 bits per heavy atom. The Bertz CT molecular complexity index is 1400. The molecule has 216 valence electrons. The van der Waals surface area contributed by atoms with Crippen LogP contribution in [0.3, 0.4) is 0 Å². The number of carbonyl (C=O) groups is 3. The number of anilines is 1. The second-order valence-corrected chi connectivity index (χ2v) is 9.52. The second-order valence-electron chi connectivity index (χ2n) is 9.52. The first kappa shape index (κ1) is 30.9. The number of hydrogen-bond acceptors (Lipinski definition) is 6. The zero-order chi connectivity index (χ0) is 29.9. The Morgan fingerprint density at radius 2 is 1.78 bits per heavy atom. The Balaban J connectivity index is 1.47. The van der Waals surface area contributed by atoms with Crippen LogP contribution < -0.4 is 15.4 Å². The summed E-state index contributed by atoms with van der Waals surface area (Å²) in [6.07, 6.45) is 2.80. The smallest absolute Gasteiger partial charge is 0.325 e. The minimum Gasteiger partial charge on any atom is -0.454 e. The summed E-state index contributed by atoms with van der Waals surface area (Å²) in [5.74, 6) is -1.80. The van der Waals surface area contributed by atoms with Gasteiger partial charge in [0.05, 0.1) is 12.5 Å². The molecule has 3 aromatic rings. The molecule has 9 nitrogen and oxygen atoms in total. The van der Waals surface area contributed by atoms with Crippen LogP contribution in [0.25, 0.3) is 0 Å². The number of rotatable bonds is 12. The SMILES string of the molecule is C=C(C(=O)N(C)C)C(O)CCCCc1cc(Oc2ccc(NC(=O)NC(=O)Cc3ccc(F)cc3)cc2F)ccn1. The number of likely N-dealkylation sites (N-methyl/N-ethyl adjacent to an activating group) is 1. The number of ether oxygens (including phenoxy) is 1. The van der Waals surface area contributed by atoms with Gasteiger partial charge in [0.25, 0.3) is 5.91 Å². The van der Waals surface area contributed by atoms with Gasteiger partial charge in [-0.15, -0.1) is 0 Å². The maximum absolute atomic E-state index is 14.7. The lowest BCUT2D eigenvalue weighted by atomic mass is 10.0. The van der Waals surface area contributed by atoms with Crippen LogP contribution in [0, 0.1) is 11.6 Å². The van der Waals surface area contributed by atoms with Crippen molar-refractivity contribution in [2.45, 2.75) is 38.2 Å². The van der Waals surface area contributed by atoms with Gasteiger partial charge >= 0.3 is 6.03 Å². The molecule has 1 aromatic heterocycles. The minimum atomic E-state index is -0.916. The molecule has 0 saturated carbocycles. The van der Waals surface area contributed by atoms with E-state index < -0.39 is 29.7 Å². The molecule has 0 bridgehead atoms. The number of aryl methyl sites for hydroxylation is 1. The van der Waals surface area contributed by atoms with Crippen LogP contribution in [0.2, 0.25) is 0 Å². The molecule has 0 aliphatic heterocycles. The molecule has 0 radical (unpaired) electrons. The number of urea groups is 1. The molecule has 3 rings (SSSR count). The van der Waals surface area contributed by atoms with Gasteiger partial charge in [0.15, 0.2) is 11.6 Å². The van der Waals surface area contributed by atoms with Crippen LogP contribution in [-0.4, -0.2) is 53.0 Å². The third kappa shape index (κ3) is 9.80. The number of amides is 4. The summed E-state index contributed by atoms with van der Waals surface area (Å²) in [4.78, 5) is 41.7. The first-order valence-electron chi connectivity index (χ1n) is 12.9. The maximum Gasteiger partial charge on any atom is 0.325 e. The highest BCUT2D eigenvalue weighted by atomic mass is 19.1. The summed E-state index contributed by atoms with van der Waals surface area (Å²) < 4.78 is 33.3. The van der Waals surface area contributed by atoms with Crippen LogP contribution >= 0.6 is 0 Å². The number of nitrogens with one attached hydrogen (secondary N) is 2. The number of carbonyl (C=O) groups excluding carboxylic acids is 3. The fraction of sp³-hybridized carbons (Fsp3) is 0.267. The molecule has 0 saturated heterocycles. The summed E-state index contributed by atoms with van der Waals surface area (Å²) in [7, 11) is 3.20. The number of aliphatic hydroxyl groups is 1. The number of unbranched alkanes of at least 4 members (excludes halogenated alkanes) is 1. The summed E-state index contributed by atoms with van der Waals surface area (Å²) >= 11 is 0. The van der Waals surface area contributed by atoms with E-state index in [0.717, 1.165) is 6.07 Å². The molecule has 0 aliphatic rings. The van der Waals surface area contributed by atoms with E-state index in [-0.39, 0.29) is 29.3 Å². The minimum absolute atomic E-state index is 0.0762. The Morgan fingerprint density at radius 3 is 2.46 bits per heavy atom. The Hall–Kier alpha value is -4.64. The van der Waals surface area contributed by atoms with Crippen molar-refractivity contribution in [3.05, 3.63) is 95.8 Å². The molecule has 0 fully saturated rings. The predicted molar refractivity (Wildman–Crippen MR) is 149 cm³/mol. The lowest BCUT2D eigenvalue weighted by Crippen LogP contribution is -2.35. The Labute approximate surface area is 236 Å². The number of imide groups is 1. The van der Waals surface area contributed by atoms with E-state index in [1.165, 1.54) is 47.5 Å². The molecule has 11 heteroatoms. The third-order valence-electron chi connectivity index (χ3n) is 5.98. The Kier molecular flexibility index (Phi) is 11.0. The molecule has 2 aromatic carbocycles. The standard InChI is InChI=1S/C30H32F2N4O5/c1-19(29(39)36(2)3)26(37)7-5-4-6-22-17-24(14-15-33-22)41-27-13-12-23(18-25(27)32)34-30(40)35-28(38)16-20-8-10-21(31)11-9-20/h8-15,17-18,26,37H,1,4-7,16H2,2-3H3,(H2,34,35,38,40). The zero-order valence-electron chi connectivity index (χ0n) is 22.8. The van der Waals surface area contributed by atoms with Crippen LogP contribution in [0.4, 0.5) is 19.3 Å². The molecule has 4 amide bonds. The number of pyridine rings is 1. The van der Waals surface area contributed by atoms with Gasteiger partial charge in [-0.3, -0.25) is 19.9 Å². The van der Waals surface area contributed by atoms with E-state index in [4.69, 9.17) is 4.74 Å². The fourth-order valence-electron chi connectivity index (χ4n) is 3.81. The summed E-state index contributed by atoms with van der Waals surface area (Å²) in [5, 5.41) is 14.7. The van der Waals surface area contributed by atoms with Crippen molar-refractivity contribution in [3.63, 3.8) is 0 Å². The van der Waals surface area contributed by atoms with Crippen LogP contribution in [0.5, 0.6) is 11.5 Å². The maximum atomic E-state index is 14.7. The van der Waals surface area contributed by atoms with Crippen molar-refractivity contribution in [1.82, 2.24) is 15.2 Å². The van der Waals surface area contributed by atoms with Gasteiger partial charge in [-0.1, -0.05) is 25.1 Å². The van der Waals surface area contributed by atoms with Gasteiger partial charge in [-0.2, -0.15) is 0 Å². The predicted octanol–water partition coefficient (Wildman–Crippen LogP) is 4.76. The molecule has 0 aliphatic carbocycles. The number of benzene rings is 2. The average Bonchev–Trinajstić information content (AvgIpc) is 2.93. The van der Waals surface area contributed by atoms with E-state index in [0.29, 0.717) is 42.7 Å². The van der Waals surface area contributed by atoms with Gasteiger partial charge in [0, 0.05) is 49.4 Å². The van der Waals surface area contributed by atoms with Gasteiger partial charge in [-0.25, -0.2) is 13.6 Å². The van der Waals surface area contributed by atoms with Gasteiger partial charge in [0.1, 0.15) is 11.6 Å². The molecule has 1 heterocycles. The quantitative estimate of drug-likeness (QED) is 0.215. The highest BCUT2D eigenvalue weighted by molar-refractivity contribution is 6.01. The highest BCUT2D eigenvalue weighted by Gasteiger charge is 2.17. The summed E-state index contributed by atoms with van der Waals surface area (Å²) in [6, 6.07) is 11.5. The summed E-state index contributed by atoms with van der Waals surface area (Å²) in [6.45, 7) is 3.67. The molecule has 1 atom stereocenters. The molecule has 41 heavy (non-hydrogen) atoms. The number of hydrogen-bond donors (Lipinski definition) is 3. The fourth-order valence-corrected chi connectivity index (χ4v) is 3.81. The molecular weight excluding hydrogens is 534 g/mol. The van der Waals surface area contributed by atoms with E-state index in [1.807, 2.05) is 0 Å². The highest BCUT2D eigenvalue weighted by Crippen LogP contribution is 2.27. The van der Waals surface area contributed by atoms with E-state index in [2.05, 4.69) is 22.2 Å². The molecular formula is C30H32F2N4O5. The molecule has 1 unspecified atom stereocenters. The number of halogens is 2. The monoisotopic (exact) mass is 566 g/mol. The van der Waals surface area contributed by atoms with Crippen molar-refractivity contribution in [2.75, 3.05) is 19.4 Å². The zero-order valence-corrected chi connectivity index (χ0v) is 22.8. The number of aromatic nitrogens is 1. The average molecular weight is 567 g/mol. The van der Waals surface area contributed by atoms with Crippen molar-refractivity contribution in [2.24, 2.45) is 0 Å². The largest absolute Gasteiger partial charge is 0.454 e. The lowest BCUT2D eigenvalue weighted by molar-refractivity contribution is -0.125. The number of aliphatic hydroxyl groups excluding tert-OH is 1. The summed E-state index contributed by atoms with van der Waals surface area (Å²) in [5.41, 5.74) is 1.50. The lowest BCUT2D eigenvalue weighted by Gasteiger charge is -2.17. The van der Waals surface area contributed by atoms with Crippen LogP contribution in [0.1, 0.15) is 30.5 Å². The van der Waals surface area contributed by atoms with Gasteiger partial charge in [-0.05, 0) is 55.2 Å². The van der Waals surface area contributed by atoms with Crippen molar-refractivity contribution < 1.29 is 33.0 Å². The normalized spacial score (nSPS) is 11.3. The van der Waals surface area contributed by atoms with Crippen molar-refractivity contribution in [3.8, 4) is 11.5 Å². The first-order valence-corrected chi connectivity index (χ1v) is 12.9. The van der Waals surface area contributed by atoms with E-state index in [9.17, 15) is 28.3 Å². The number of nitrogens with zero attached hydrogens (tertiary/aromatic N) is 2. The third-order valence-corrected chi connectivity index (χ3v) is 5.98. The van der Waals surface area contributed by atoms with E-state index in [1.54, 1.807) is 26.2 Å². The van der Waals surface area contributed by atoms with Crippen molar-refractivity contribution >= 4 is 23.5 Å². The van der Waals surface area contributed by atoms with Gasteiger partial charge in [0.2, 0.25) is 5.91 Å². The van der Waals surface area contributed by atoms with E-state index >= 15 is 0 Å². The van der Waals surface area contributed by atoms with Crippen molar-refractivity contribution in [1.29, 1.82) is 0 Å². The topological polar surface area (TPSA) is 121 Å². The molecule has 0 spiro atoms. The first-order chi connectivity index (χ1) is 19.5. The molecule has 3 N–H and O–H groups in total. The second kappa shape index (κ2) is 14.7. The van der Waals surface area contributed by atoms with Crippen LogP contribution in [-0.2, 0) is 22.4 Å². The van der Waals surface area contributed by atoms with Crippen LogP contribution in [0.15, 0.2) is 72.9 Å².